The van der Waals surface area contributed by atoms with Gasteiger partial charge < -0.3 is 0 Å². The lowest BCUT2D eigenvalue weighted by atomic mass is 9.68. The molecular formula is C53H36S2. The smallest absolute Gasteiger partial charge is 0.0356 e. The topological polar surface area (TPSA) is 0 Å². The lowest BCUT2D eigenvalue weighted by Gasteiger charge is -2.35. The number of hydrogen-bond acceptors (Lipinski definition) is 2. The van der Waals surface area contributed by atoms with E-state index in [0.29, 0.717) is 0 Å². The predicted molar refractivity (Wildman–Crippen MR) is 237 cm³/mol. The Bertz CT molecular complexity index is 3260. The van der Waals surface area contributed by atoms with Crippen LogP contribution in [0, 0.1) is 11.8 Å². The molecule has 0 saturated carbocycles. The molecule has 9 aromatic rings. The average molecular weight is 737 g/mol. The van der Waals surface area contributed by atoms with Gasteiger partial charge in [-0.3, -0.25) is 0 Å². The van der Waals surface area contributed by atoms with Gasteiger partial charge in [-0.15, -0.1) is 22.7 Å². The third kappa shape index (κ3) is 4.68. The molecule has 7 aromatic carbocycles. The minimum atomic E-state index is -0.103. The van der Waals surface area contributed by atoms with Crippen LogP contribution in [0.15, 0.2) is 169 Å². The Morgan fingerprint density at radius 2 is 1.15 bits per heavy atom. The zero-order valence-corrected chi connectivity index (χ0v) is 32.3. The molecule has 0 amide bonds. The van der Waals surface area contributed by atoms with Gasteiger partial charge in [0.05, 0.1) is 0 Å². The van der Waals surface area contributed by atoms with Crippen LogP contribution < -0.4 is 10.4 Å². The van der Waals surface area contributed by atoms with Crippen LogP contribution in [0.5, 0.6) is 0 Å². The van der Waals surface area contributed by atoms with Crippen LogP contribution in [0.3, 0.4) is 0 Å². The fraction of sp³-hybridized carbons (Fsp3) is 0.0943. The first kappa shape index (κ1) is 31.5. The van der Waals surface area contributed by atoms with Crippen molar-refractivity contribution in [3.8, 4) is 11.1 Å². The van der Waals surface area contributed by atoms with E-state index in [9.17, 15) is 0 Å². The van der Waals surface area contributed by atoms with Crippen molar-refractivity contribution in [2.75, 3.05) is 0 Å². The summed E-state index contributed by atoms with van der Waals surface area (Å²) in [6.45, 7) is 4.82. The van der Waals surface area contributed by atoms with Gasteiger partial charge in [0.2, 0.25) is 0 Å². The van der Waals surface area contributed by atoms with Crippen LogP contribution in [0.2, 0.25) is 0 Å². The third-order valence-electron chi connectivity index (χ3n) is 12.7. The summed E-state index contributed by atoms with van der Waals surface area (Å²) >= 11 is 3.75. The second-order valence-electron chi connectivity index (χ2n) is 16.1. The molecule has 0 N–H and O–H groups in total. The van der Waals surface area contributed by atoms with E-state index < -0.39 is 0 Å². The Kier molecular flexibility index (Phi) is 6.65. The van der Waals surface area contributed by atoms with Gasteiger partial charge in [0.15, 0.2) is 0 Å². The SMILES string of the molecule is CC1(C)c2ccccc2-c2cc3c(cc21)=C(c1ccc2ccccc2c1)C1C=C(c2cc4cc5sccc5cc4s2)C=CC1C=3c1ccc2ccccc2c1. The summed E-state index contributed by atoms with van der Waals surface area (Å²) in [6, 6.07) is 55.5. The van der Waals surface area contributed by atoms with Crippen LogP contribution in [0.1, 0.15) is 41.0 Å². The number of thiophene rings is 2. The van der Waals surface area contributed by atoms with Crippen LogP contribution in [0.4, 0.5) is 0 Å². The molecule has 3 aliphatic carbocycles. The zero-order chi connectivity index (χ0) is 36.4. The van der Waals surface area contributed by atoms with Crippen molar-refractivity contribution in [1.29, 1.82) is 0 Å². The molecule has 2 heteroatoms. The standard InChI is InChI=1S/C53H36S2/c1-53(2)46-14-8-7-13-40(46)42-29-44-45(30-47(42)53)52(38-18-16-32-10-4-6-12-34(32)24-38)43-25-35(49-28-39-27-48-36(21-22-54-48)26-50(39)55-49)19-20-41(43)51(44)37-17-15-31-9-3-5-11-33(31)23-37/h3-30,41,43H,1-2H3. The molecule has 3 aliphatic rings. The highest BCUT2D eigenvalue weighted by atomic mass is 32.1. The van der Waals surface area contributed by atoms with Gasteiger partial charge in [0, 0.05) is 31.5 Å². The van der Waals surface area contributed by atoms with Crippen LogP contribution in [0.25, 0.3) is 69.6 Å². The van der Waals surface area contributed by atoms with Crippen molar-refractivity contribution in [3.63, 3.8) is 0 Å². The van der Waals surface area contributed by atoms with Gasteiger partial charge >= 0.3 is 0 Å². The van der Waals surface area contributed by atoms with E-state index in [4.69, 9.17) is 0 Å². The van der Waals surface area contributed by atoms with E-state index in [-0.39, 0.29) is 17.3 Å². The lowest BCUT2D eigenvalue weighted by molar-refractivity contribution is 0.657. The largest absolute Gasteiger partial charge is 0.144 e. The normalized spacial score (nSPS) is 18.1. The van der Waals surface area contributed by atoms with E-state index >= 15 is 0 Å². The summed E-state index contributed by atoms with van der Waals surface area (Å²) < 4.78 is 2.71. The molecule has 0 nitrogen and oxygen atoms in total. The number of rotatable bonds is 3. The summed E-state index contributed by atoms with van der Waals surface area (Å²) in [7, 11) is 0. The van der Waals surface area contributed by atoms with Crippen molar-refractivity contribution < 1.29 is 0 Å². The molecule has 260 valence electrons. The summed E-state index contributed by atoms with van der Waals surface area (Å²) in [5, 5.41) is 12.7. The molecule has 0 fully saturated rings. The fourth-order valence-corrected chi connectivity index (χ4v) is 11.9. The molecule has 0 bridgehead atoms. The van der Waals surface area contributed by atoms with E-state index in [1.165, 1.54) is 107 Å². The van der Waals surface area contributed by atoms with Crippen LogP contribution >= 0.6 is 22.7 Å². The number of fused-ring (bicyclic) bond motifs is 9. The van der Waals surface area contributed by atoms with E-state index in [0.717, 1.165) is 0 Å². The van der Waals surface area contributed by atoms with E-state index in [1.807, 2.05) is 22.7 Å². The minimum absolute atomic E-state index is 0.103. The molecule has 0 aliphatic heterocycles. The van der Waals surface area contributed by atoms with Gasteiger partial charge in [-0.25, -0.2) is 0 Å². The summed E-state index contributed by atoms with van der Waals surface area (Å²) in [6.07, 6.45) is 7.56. The molecule has 0 spiro atoms. The number of allylic oxidation sites excluding steroid dienone is 4. The van der Waals surface area contributed by atoms with E-state index in [1.54, 1.807) is 0 Å². The van der Waals surface area contributed by atoms with Crippen molar-refractivity contribution in [2.45, 2.75) is 19.3 Å². The monoisotopic (exact) mass is 736 g/mol. The Morgan fingerprint density at radius 3 is 1.91 bits per heavy atom. The Labute approximate surface area is 328 Å². The quantitative estimate of drug-likeness (QED) is 0.169. The van der Waals surface area contributed by atoms with Gasteiger partial charge in [-0.2, -0.15) is 0 Å². The number of hydrogen-bond donors (Lipinski definition) is 0. The Balaban J connectivity index is 1.19. The molecular weight excluding hydrogens is 701 g/mol. The summed E-state index contributed by atoms with van der Waals surface area (Å²) in [5.41, 5.74) is 12.2. The molecule has 55 heavy (non-hydrogen) atoms. The molecule has 12 rings (SSSR count). The van der Waals surface area contributed by atoms with Crippen LogP contribution in [-0.2, 0) is 5.41 Å². The maximum atomic E-state index is 2.61. The number of benzene rings is 7. The highest BCUT2D eigenvalue weighted by Gasteiger charge is 2.38. The second-order valence-corrected chi connectivity index (χ2v) is 18.1. The van der Waals surface area contributed by atoms with Gasteiger partial charge in [-0.1, -0.05) is 129 Å². The average Bonchev–Trinajstić information content (AvgIpc) is 3.92. The molecule has 0 radical (unpaired) electrons. The third-order valence-corrected chi connectivity index (χ3v) is 14.7. The second kappa shape index (κ2) is 11.6. The molecule has 2 unspecified atom stereocenters. The van der Waals surface area contributed by atoms with Gasteiger partial charge in [0.25, 0.3) is 0 Å². The van der Waals surface area contributed by atoms with Gasteiger partial charge in [0.1, 0.15) is 0 Å². The maximum absolute atomic E-state index is 2.61. The van der Waals surface area contributed by atoms with Crippen molar-refractivity contribution in [1.82, 2.24) is 0 Å². The highest BCUT2D eigenvalue weighted by molar-refractivity contribution is 7.20. The van der Waals surface area contributed by atoms with Crippen molar-refractivity contribution >= 4 is 81.1 Å². The molecule has 2 aromatic heterocycles. The highest BCUT2D eigenvalue weighted by Crippen LogP contribution is 2.50. The summed E-state index contributed by atoms with van der Waals surface area (Å²) in [5.74, 6) is 0.315. The fourth-order valence-electron chi connectivity index (χ4n) is 9.98. The molecule has 2 atom stereocenters. The first-order valence-electron chi connectivity index (χ1n) is 19.3. The van der Waals surface area contributed by atoms with Gasteiger partial charge in [-0.05, 0) is 147 Å². The lowest BCUT2D eigenvalue weighted by Crippen LogP contribution is -2.41. The Morgan fingerprint density at radius 1 is 0.491 bits per heavy atom. The minimum Gasteiger partial charge on any atom is -0.144 e. The van der Waals surface area contributed by atoms with Crippen molar-refractivity contribution in [2.24, 2.45) is 11.8 Å². The van der Waals surface area contributed by atoms with Crippen LogP contribution in [-0.4, -0.2) is 0 Å². The first-order chi connectivity index (χ1) is 27.0. The van der Waals surface area contributed by atoms with Crippen molar-refractivity contribution in [3.05, 3.63) is 207 Å². The Hall–Kier alpha value is -5.80. The van der Waals surface area contributed by atoms with E-state index in [2.05, 4.69) is 183 Å². The molecule has 0 saturated heterocycles. The summed E-state index contributed by atoms with van der Waals surface area (Å²) in [4.78, 5) is 1.34. The maximum Gasteiger partial charge on any atom is 0.0356 e. The predicted octanol–water partition coefficient (Wildman–Crippen LogP) is 13.0. The zero-order valence-electron chi connectivity index (χ0n) is 30.6. The molecule has 2 heterocycles. The first-order valence-corrected chi connectivity index (χ1v) is 21.0.